The smallest absolute Gasteiger partial charge is 0.235 e. The second-order valence-corrected chi connectivity index (χ2v) is 11.2. The van der Waals surface area contributed by atoms with Crippen LogP contribution in [0.1, 0.15) is 61.5 Å². The lowest BCUT2D eigenvalue weighted by Crippen LogP contribution is -2.17. The number of benzene rings is 1. The van der Waals surface area contributed by atoms with Crippen LogP contribution in [0.25, 0.3) is 0 Å². The van der Waals surface area contributed by atoms with Crippen LogP contribution in [0.5, 0.6) is 11.5 Å². The number of aryl methyl sites for hydroxylation is 1. The second-order valence-electron chi connectivity index (χ2n) is 9.15. The standard InChI is InChI=1S/C26H31N5O3S2/c1-16(2)14-31-24(17(3)34-19-9-7-8-18(12-19)33-4)29-30-26(31)35-15-23(32)28-25-21(13-27)20-10-5-6-11-22(20)36-25/h7-9,12,16-17H,5-6,10-11,14-15H2,1-4H3,(H,28,32). The van der Waals surface area contributed by atoms with Gasteiger partial charge in [-0.15, -0.1) is 21.5 Å². The third kappa shape index (κ3) is 6.02. The molecule has 0 saturated carbocycles. The summed E-state index contributed by atoms with van der Waals surface area (Å²) in [6, 6.07) is 9.74. The Bertz CT molecular complexity index is 1260. The van der Waals surface area contributed by atoms with E-state index in [0.717, 1.165) is 37.0 Å². The first-order valence-electron chi connectivity index (χ1n) is 12.1. The van der Waals surface area contributed by atoms with E-state index in [1.165, 1.54) is 28.0 Å². The summed E-state index contributed by atoms with van der Waals surface area (Å²) in [4.78, 5) is 14.0. The summed E-state index contributed by atoms with van der Waals surface area (Å²) in [6.45, 7) is 6.89. The van der Waals surface area contributed by atoms with Crippen molar-refractivity contribution in [2.24, 2.45) is 5.92 Å². The molecule has 8 nitrogen and oxygen atoms in total. The van der Waals surface area contributed by atoms with E-state index < -0.39 is 0 Å². The third-order valence-electron chi connectivity index (χ3n) is 5.88. The zero-order valence-corrected chi connectivity index (χ0v) is 22.7. The number of nitrogens with one attached hydrogen (secondary N) is 1. The number of aromatic nitrogens is 3. The van der Waals surface area contributed by atoms with Crippen LogP contribution in [-0.4, -0.2) is 33.5 Å². The minimum absolute atomic E-state index is 0.156. The molecule has 36 heavy (non-hydrogen) atoms. The Hall–Kier alpha value is -3.03. The minimum atomic E-state index is -0.345. The van der Waals surface area contributed by atoms with Crippen LogP contribution in [0.3, 0.4) is 0 Å². The molecule has 1 aliphatic rings. The van der Waals surface area contributed by atoms with Gasteiger partial charge in [-0.25, -0.2) is 0 Å². The number of fused-ring (bicyclic) bond motifs is 1. The maximum atomic E-state index is 12.8. The molecule has 1 unspecified atom stereocenters. The predicted octanol–water partition coefficient (Wildman–Crippen LogP) is 5.63. The fourth-order valence-electron chi connectivity index (χ4n) is 4.24. The lowest BCUT2D eigenvalue weighted by Gasteiger charge is -2.18. The molecule has 1 aliphatic carbocycles. The minimum Gasteiger partial charge on any atom is -0.497 e. The number of hydrogen-bond acceptors (Lipinski definition) is 8. The number of methoxy groups -OCH3 is 1. The van der Waals surface area contributed by atoms with Gasteiger partial charge in [0.2, 0.25) is 5.91 Å². The van der Waals surface area contributed by atoms with Crippen LogP contribution >= 0.6 is 23.1 Å². The van der Waals surface area contributed by atoms with Gasteiger partial charge in [0.1, 0.15) is 22.6 Å². The van der Waals surface area contributed by atoms with E-state index in [9.17, 15) is 10.1 Å². The molecule has 0 aliphatic heterocycles. The summed E-state index contributed by atoms with van der Waals surface area (Å²) in [7, 11) is 1.62. The van der Waals surface area contributed by atoms with Crippen molar-refractivity contribution in [3.05, 3.63) is 46.1 Å². The van der Waals surface area contributed by atoms with Crippen molar-refractivity contribution in [3.8, 4) is 17.6 Å². The van der Waals surface area contributed by atoms with Crippen LogP contribution in [-0.2, 0) is 24.2 Å². The number of thiophene rings is 1. The number of thioether (sulfide) groups is 1. The fraction of sp³-hybridized carbons (Fsp3) is 0.462. The highest BCUT2D eigenvalue weighted by Crippen LogP contribution is 2.37. The molecule has 0 saturated heterocycles. The number of ether oxygens (including phenoxy) is 2. The van der Waals surface area contributed by atoms with Gasteiger partial charge in [0, 0.05) is 17.5 Å². The SMILES string of the molecule is COc1cccc(OC(C)c2nnc(SCC(=O)Nc3sc4c(c3C#N)CCCC4)n2CC(C)C)c1. The van der Waals surface area contributed by atoms with E-state index in [1.807, 2.05) is 35.8 Å². The molecular formula is C26H31N5O3S2. The normalized spacial score (nSPS) is 13.7. The average molecular weight is 526 g/mol. The van der Waals surface area contributed by atoms with Crippen molar-refractivity contribution >= 4 is 34.0 Å². The summed E-state index contributed by atoms with van der Waals surface area (Å²) < 4.78 is 13.4. The van der Waals surface area contributed by atoms with E-state index in [-0.39, 0.29) is 17.8 Å². The van der Waals surface area contributed by atoms with Crippen molar-refractivity contribution in [3.63, 3.8) is 0 Å². The molecule has 3 aromatic rings. The monoisotopic (exact) mass is 525 g/mol. The molecule has 0 radical (unpaired) electrons. The molecule has 4 rings (SSSR count). The maximum absolute atomic E-state index is 12.8. The Kier molecular flexibility index (Phi) is 8.54. The quantitative estimate of drug-likeness (QED) is 0.343. The third-order valence-corrected chi connectivity index (χ3v) is 8.05. The zero-order valence-electron chi connectivity index (χ0n) is 21.0. The molecule has 2 aromatic heterocycles. The topological polar surface area (TPSA) is 102 Å². The van der Waals surface area contributed by atoms with Gasteiger partial charge >= 0.3 is 0 Å². The molecule has 2 heterocycles. The number of carbonyl (C=O) groups excluding carboxylic acids is 1. The molecule has 1 N–H and O–H groups in total. The van der Waals surface area contributed by atoms with Gasteiger partial charge in [-0.2, -0.15) is 5.26 Å². The second kappa shape index (κ2) is 11.8. The molecular weight excluding hydrogens is 494 g/mol. The number of nitriles is 1. The summed E-state index contributed by atoms with van der Waals surface area (Å²) in [6.07, 6.45) is 3.78. The van der Waals surface area contributed by atoms with E-state index in [2.05, 4.69) is 35.4 Å². The average Bonchev–Trinajstić information content (AvgIpc) is 3.42. The number of nitrogens with zero attached hydrogens (tertiary/aromatic N) is 4. The Balaban J connectivity index is 1.45. The van der Waals surface area contributed by atoms with Gasteiger partial charge in [0.05, 0.1) is 18.4 Å². The van der Waals surface area contributed by atoms with E-state index in [4.69, 9.17) is 9.47 Å². The Labute approximate surface area is 220 Å². The highest BCUT2D eigenvalue weighted by atomic mass is 32.2. The van der Waals surface area contributed by atoms with Gasteiger partial charge in [0.25, 0.3) is 0 Å². The first-order valence-corrected chi connectivity index (χ1v) is 13.9. The molecule has 0 fully saturated rings. The Morgan fingerprint density at radius 2 is 2.03 bits per heavy atom. The number of amides is 1. The van der Waals surface area contributed by atoms with Crippen LogP contribution in [0.15, 0.2) is 29.4 Å². The van der Waals surface area contributed by atoms with Crippen molar-refractivity contribution < 1.29 is 14.3 Å². The lowest BCUT2D eigenvalue weighted by molar-refractivity contribution is -0.113. The van der Waals surface area contributed by atoms with Crippen molar-refractivity contribution in [1.82, 2.24) is 14.8 Å². The zero-order chi connectivity index (χ0) is 25.7. The van der Waals surface area contributed by atoms with Gasteiger partial charge in [-0.1, -0.05) is 31.7 Å². The van der Waals surface area contributed by atoms with E-state index in [1.54, 1.807) is 7.11 Å². The molecule has 10 heteroatoms. The summed E-state index contributed by atoms with van der Waals surface area (Å²) in [5.41, 5.74) is 1.74. The van der Waals surface area contributed by atoms with E-state index >= 15 is 0 Å². The number of anilines is 1. The number of carbonyl (C=O) groups is 1. The highest BCUT2D eigenvalue weighted by molar-refractivity contribution is 7.99. The van der Waals surface area contributed by atoms with Gasteiger partial charge in [-0.3, -0.25) is 4.79 Å². The van der Waals surface area contributed by atoms with Gasteiger partial charge in [-0.05, 0) is 56.2 Å². The van der Waals surface area contributed by atoms with Crippen molar-refractivity contribution in [2.75, 3.05) is 18.2 Å². The highest BCUT2D eigenvalue weighted by Gasteiger charge is 2.24. The van der Waals surface area contributed by atoms with E-state index in [0.29, 0.717) is 39.8 Å². The summed E-state index contributed by atoms with van der Waals surface area (Å²) >= 11 is 2.88. The summed E-state index contributed by atoms with van der Waals surface area (Å²) in [5.74, 6) is 2.48. The first-order chi connectivity index (χ1) is 17.4. The van der Waals surface area contributed by atoms with Crippen LogP contribution in [0.2, 0.25) is 0 Å². The molecule has 1 aromatic carbocycles. The number of hydrogen-bond donors (Lipinski definition) is 1. The van der Waals surface area contributed by atoms with Gasteiger partial charge in [0.15, 0.2) is 17.1 Å². The largest absolute Gasteiger partial charge is 0.497 e. The molecule has 190 valence electrons. The molecule has 0 spiro atoms. The Morgan fingerprint density at radius 3 is 2.78 bits per heavy atom. The fourth-order valence-corrected chi connectivity index (χ4v) is 6.25. The van der Waals surface area contributed by atoms with Crippen LogP contribution in [0, 0.1) is 17.2 Å². The Morgan fingerprint density at radius 1 is 1.25 bits per heavy atom. The molecule has 1 amide bonds. The van der Waals surface area contributed by atoms with Crippen LogP contribution < -0.4 is 14.8 Å². The summed E-state index contributed by atoms with van der Waals surface area (Å²) in [5, 5.41) is 22.7. The predicted molar refractivity (Wildman–Crippen MR) is 142 cm³/mol. The number of rotatable bonds is 10. The van der Waals surface area contributed by atoms with Crippen LogP contribution in [0.4, 0.5) is 5.00 Å². The van der Waals surface area contributed by atoms with Gasteiger partial charge < -0.3 is 19.4 Å². The molecule has 1 atom stereocenters. The van der Waals surface area contributed by atoms with Crippen molar-refractivity contribution in [1.29, 1.82) is 5.26 Å². The van der Waals surface area contributed by atoms with Crippen molar-refractivity contribution in [2.45, 2.75) is 64.3 Å². The first kappa shape index (κ1) is 26.0. The molecule has 0 bridgehead atoms. The lowest BCUT2D eigenvalue weighted by atomic mass is 9.96. The maximum Gasteiger partial charge on any atom is 0.235 e.